The summed E-state index contributed by atoms with van der Waals surface area (Å²) in [5.41, 5.74) is 3.44. The quantitative estimate of drug-likeness (QED) is 0.638. The molecule has 0 fully saturated rings. The zero-order chi connectivity index (χ0) is 17.4. The van der Waals surface area contributed by atoms with Crippen LogP contribution in [-0.2, 0) is 13.2 Å². The van der Waals surface area contributed by atoms with E-state index >= 15 is 0 Å². The van der Waals surface area contributed by atoms with E-state index in [0.717, 1.165) is 30.6 Å². The van der Waals surface area contributed by atoms with Crippen LogP contribution in [0.3, 0.4) is 0 Å². The standard InChI is InChI=1S/C20H26ClNO2/c1-4-10-22-13-16-11-18(21)20(19(12-16)23-5-2)24-14-17-9-7-6-8-15(17)3/h6-9,11-12,22H,4-5,10,13-14H2,1-3H3. The van der Waals surface area contributed by atoms with Crippen LogP contribution in [0.5, 0.6) is 11.5 Å². The van der Waals surface area contributed by atoms with E-state index in [2.05, 4.69) is 31.3 Å². The predicted molar refractivity (Wildman–Crippen MR) is 100 cm³/mol. The van der Waals surface area contributed by atoms with Crippen LogP contribution in [0.2, 0.25) is 5.02 Å². The minimum absolute atomic E-state index is 0.472. The van der Waals surface area contributed by atoms with Crippen molar-refractivity contribution in [2.24, 2.45) is 0 Å². The Bertz CT molecular complexity index is 658. The topological polar surface area (TPSA) is 30.5 Å². The normalized spacial score (nSPS) is 10.7. The largest absolute Gasteiger partial charge is 0.490 e. The lowest BCUT2D eigenvalue weighted by Crippen LogP contribution is -2.14. The number of ether oxygens (including phenoxy) is 2. The summed E-state index contributed by atoms with van der Waals surface area (Å²) in [7, 11) is 0. The maximum atomic E-state index is 6.46. The highest BCUT2D eigenvalue weighted by molar-refractivity contribution is 6.32. The van der Waals surface area contributed by atoms with Crippen LogP contribution in [0.4, 0.5) is 0 Å². The summed E-state index contributed by atoms with van der Waals surface area (Å²) < 4.78 is 11.7. The molecule has 2 aromatic rings. The Morgan fingerprint density at radius 2 is 1.88 bits per heavy atom. The van der Waals surface area contributed by atoms with E-state index in [9.17, 15) is 0 Å². The molecule has 4 heteroatoms. The first-order valence-corrected chi connectivity index (χ1v) is 8.86. The van der Waals surface area contributed by atoms with Gasteiger partial charge in [0.15, 0.2) is 11.5 Å². The summed E-state index contributed by atoms with van der Waals surface area (Å²) in [6.45, 7) is 8.98. The van der Waals surface area contributed by atoms with Gasteiger partial charge in [-0.3, -0.25) is 0 Å². The van der Waals surface area contributed by atoms with Crippen molar-refractivity contribution in [3.8, 4) is 11.5 Å². The molecule has 3 nitrogen and oxygen atoms in total. The molecule has 0 saturated heterocycles. The van der Waals surface area contributed by atoms with Gasteiger partial charge in [-0.25, -0.2) is 0 Å². The molecule has 0 aliphatic rings. The lowest BCUT2D eigenvalue weighted by Gasteiger charge is -2.16. The van der Waals surface area contributed by atoms with Crippen molar-refractivity contribution in [1.82, 2.24) is 5.32 Å². The van der Waals surface area contributed by atoms with Crippen molar-refractivity contribution < 1.29 is 9.47 Å². The zero-order valence-corrected chi connectivity index (χ0v) is 15.5. The van der Waals surface area contributed by atoms with Crippen LogP contribution in [0.1, 0.15) is 37.0 Å². The fourth-order valence-corrected chi connectivity index (χ4v) is 2.75. The second kappa shape index (κ2) is 9.55. The minimum atomic E-state index is 0.472. The van der Waals surface area contributed by atoms with Gasteiger partial charge in [-0.05, 0) is 55.6 Å². The molecule has 0 saturated carbocycles. The number of hydrogen-bond acceptors (Lipinski definition) is 3. The first-order valence-electron chi connectivity index (χ1n) is 8.49. The Morgan fingerprint density at radius 3 is 2.58 bits per heavy atom. The second-order valence-corrected chi connectivity index (χ2v) is 6.14. The van der Waals surface area contributed by atoms with Gasteiger partial charge in [0, 0.05) is 6.54 Å². The second-order valence-electron chi connectivity index (χ2n) is 5.73. The third-order valence-electron chi connectivity index (χ3n) is 3.76. The molecule has 0 radical (unpaired) electrons. The summed E-state index contributed by atoms with van der Waals surface area (Å²) in [4.78, 5) is 0. The molecule has 130 valence electrons. The van der Waals surface area contributed by atoms with Gasteiger partial charge >= 0.3 is 0 Å². The van der Waals surface area contributed by atoms with Crippen molar-refractivity contribution in [1.29, 1.82) is 0 Å². The van der Waals surface area contributed by atoms with Crippen LogP contribution in [0.25, 0.3) is 0 Å². The summed E-state index contributed by atoms with van der Waals surface area (Å²) in [6.07, 6.45) is 1.10. The van der Waals surface area contributed by atoms with Crippen LogP contribution >= 0.6 is 11.6 Å². The van der Waals surface area contributed by atoms with E-state index in [1.165, 1.54) is 5.56 Å². The SMILES string of the molecule is CCCNCc1cc(Cl)c(OCc2ccccc2C)c(OCC)c1. The van der Waals surface area contributed by atoms with E-state index in [1.807, 2.05) is 31.2 Å². The number of aryl methyl sites for hydroxylation is 1. The number of halogens is 1. The van der Waals surface area contributed by atoms with Gasteiger partial charge in [-0.1, -0.05) is 42.8 Å². The van der Waals surface area contributed by atoms with E-state index in [4.69, 9.17) is 21.1 Å². The monoisotopic (exact) mass is 347 g/mol. The predicted octanol–water partition coefficient (Wildman–Crippen LogP) is 5.13. The molecular weight excluding hydrogens is 322 g/mol. The van der Waals surface area contributed by atoms with Crippen molar-refractivity contribution in [2.45, 2.75) is 40.3 Å². The summed E-state index contributed by atoms with van der Waals surface area (Å²) in [6, 6.07) is 12.1. The Kier molecular flexibility index (Phi) is 7.41. The Labute approximate surface area is 149 Å². The van der Waals surface area contributed by atoms with Crippen molar-refractivity contribution in [3.63, 3.8) is 0 Å². The molecule has 0 heterocycles. The van der Waals surface area contributed by atoms with E-state index < -0.39 is 0 Å². The molecule has 0 aliphatic heterocycles. The van der Waals surface area contributed by atoms with Gasteiger partial charge in [0.05, 0.1) is 11.6 Å². The maximum absolute atomic E-state index is 6.46. The average Bonchev–Trinajstić information content (AvgIpc) is 2.56. The highest BCUT2D eigenvalue weighted by Gasteiger charge is 2.13. The molecule has 2 rings (SSSR count). The molecule has 1 N–H and O–H groups in total. The number of rotatable bonds is 9. The minimum Gasteiger partial charge on any atom is -0.490 e. The molecule has 24 heavy (non-hydrogen) atoms. The first kappa shape index (κ1) is 18.6. The molecule has 0 aromatic heterocycles. The van der Waals surface area contributed by atoms with Crippen LogP contribution in [0.15, 0.2) is 36.4 Å². The number of hydrogen-bond donors (Lipinski definition) is 1. The van der Waals surface area contributed by atoms with Gasteiger partial charge in [0.2, 0.25) is 0 Å². The van der Waals surface area contributed by atoms with Crippen molar-refractivity contribution in [2.75, 3.05) is 13.2 Å². The van der Waals surface area contributed by atoms with E-state index in [1.54, 1.807) is 0 Å². The van der Waals surface area contributed by atoms with Crippen molar-refractivity contribution in [3.05, 3.63) is 58.1 Å². The molecule has 0 spiro atoms. The first-order chi connectivity index (χ1) is 11.7. The zero-order valence-electron chi connectivity index (χ0n) is 14.7. The summed E-state index contributed by atoms with van der Waals surface area (Å²) >= 11 is 6.46. The van der Waals surface area contributed by atoms with Crippen LogP contribution in [-0.4, -0.2) is 13.2 Å². The highest BCUT2D eigenvalue weighted by atomic mass is 35.5. The Morgan fingerprint density at radius 1 is 1.08 bits per heavy atom. The molecule has 2 aromatic carbocycles. The Hall–Kier alpha value is -1.71. The lowest BCUT2D eigenvalue weighted by atomic mass is 10.1. The third-order valence-corrected chi connectivity index (χ3v) is 4.04. The number of nitrogens with one attached hydrogen (secondary N) is 1. The number of benzene rings is 2. The van der Waals surface area contributed by atoms with E-state index in [0.29, 0.717) is 29.7 Å². The summed E-state index contributed by atoms with van der Waals surface area (Å²) in [5, 5.41) is 3.96. The van der Waals surface area contributed by atoms with Crippen LogP contribution < -0.4 is 14.8 Å². The summed E-state index contributed by atoms with van der Waals surface area (Å²) in [5.74, 6) is 1.31. The molecule has 0 bridgehead atoms. The maximum Gasteiger partial charge on any atom is 0.180 e. The Balaban J connectivity index is 2.16. The van der Waals surface area contributed by atoms with Gasteiger partial charge in [-0.2, -0.15) is 0 Å². The third kappa shape index (κ3) is 5.15. The molecule has 0 aliphatic carbocycles. The molecular formula is C20H26ClNO2. The fraction of sp³-hybridized carbons (Fsp3) is 0.400. The fourth-order valence-electron chi connectivity index (χ4n) is 2.46. The molecule has 0 atom stereocenters. The van der Waals surface area contributed by atoms with Gasteiger partial charge in [0.25, 0.3) is 0 Å². The lowest BCUT2D eigenvalue weighted by molar-refractivity contribution is 0.269. The van der Waals surface area contributed by atoms with Crippen LogP contribution in [0, 0.1) is 6.92 Å². The van der Waals surface area contributed by atoms with Gasteiger partial charge in [-0.15, -0.1) is 0 Å². The van der Waals surface area contributed by atoms with Gasteiger partial charge < -0.3 is 14.8 Å². The average molecular weight is 348 g/mol. The molecule has 0 unspecified atom stereocenters. The smallest absolute Gasteiger partial charge is 0.180 e. The van der Waals surface area contributed by atoms with Crippen molar-refractivity contribution >= 4 is 11.6 Å². The molecule has 0 amide bonds. The highest BCUT2D eigenvalue weighted by Crippen LogP contribution is 2.37. The van der Waals surface area contributed by atoms with E-state index in [-0.39, 0.29) is 0 Å². The van der Waals surface area contributed by atoms with Gasteiger partial charge in [0.1, 0.15) is 6.61 Å².